The first-order valence-corrected chi connectivity index (χ1v) is 6.55. The Hall–Kier alpha value is -1.30. The lowest BCUT2D eigenvalue weighted by Gasteiger charge is -2.18. The molecule has 0 radical (unpaired) electrons. The lowest BCUT2D eigenvalue weighted by molar-refractivity contribution is 0.502. The van der Waals surface area contributed by atoms with Crippen molar-refractivity contribution in [3.05, 3.63) is 69.7 Å². The Morgan fingerprint density at radius 2 is 1.89 bits per heavy atom. The monoisotopic (exact) mass is 326 g/mol. The summed E-state index contributed by atoms with van der Waals surface area (Å²) >= 11 is 3.43. The second kappa shape index (κ2) is 6.23. The van der Waals surface area contributed by atoms with E-state index in [4.69, 9.17) is 5.84 Å². The average molecular weight is 327 g/mol. The maximum absolute atomic E-state index is 13.7. The van der Waals surface area contributed by atoms with Gasteiger partial charge < -0.3 is 0 Å². The molecular weight excluding hydrogens is 314 g/mol. The molecule has 0 aliphatic heterocycles. The van der Waals surface area contributed by atoms with Gasteiger partial charge in [0.25, 0.3) is 0 Å². The Labute approximate surface area is 118 Å². The van der Waals surface area contributed by atoms with Gasteiger partial charge in [-0.05, 0) is 24.1 Å². The molecule has 5 heteroatoms. The summed E-state index contributed by atoms with van der Waals surface area (Å²) in [6.45, 7) is 0. The number of rotatable bonds is 4. The van der Waals surface area contributed by atoms with Gasteiger partial charge in [0.15, 0.2) is 0 Å². The van der Waals surface area contributed by atoms with Gasteiger partial charge in [-0.3, -0.25) is 11.3 Å². The van der Waals surface area contributed by atoms with Crippen molar-refractivity contribution in [1.82, 2.24) is 5.43 Å². The molecule has 0 heterocycles. The summed E-state index contributed by atoms with van der Waals surface area (Å²) in [5.41, 5.74) is 3.91. The summed E-state index contributed by atoms with van der Waals surface area (Å²) in [5, 5.41) is 0. The molecular formula is C14H13BrF2N2. The first kappa shape index (κ1) is 14.1. The van der Waals surface area contributed by atoms with Gasteiger partial charge in [-0.15, -0.1) is 0 Å². The van der Waals surface area contributed by atoms with E-state index < -0.39 is 17.7 Å². The molecule has 0 fully saturated rings. The molecule has 2 rings (SSSR count). The molecule has 1 unspecified atom stereocenters. The molecule has 0 aliphatic rings. The normalized spacial score (nSPS) is 12.4. The highest BCUT2D eigenvalue weighted by Gasteiger charge is 2.16. The molecule has 0 amide bonds. The van der Waals surface area contributed by atoms with Crippen LogP contribution in [0.4, 0.5) is 8.78 Å². The fourth-order valence-electron chi connectivity index (χ4n) is 1.93. The summed E-state index contributed by atoms with van der Waals surface area (Å²) in [7, 11) is 0. The second-order valence-corrected chi connectivity index (χ2v) is 5.03. The van der Waals surface area contributed by atoms with E-state index in [1.165, 1.54) is 12.1 Å². The van der Waals surface area contributed by atoms with Crippen LogP contribution >= 0.6 is 15.9 Å². The van der Waals surface area contributed by atoms with E-state index >= 15 is 0 Å². The number of halogens is 3. The topological polar surface area (TPSA) is 38.0 Å². The van der Waals surface area contributed by atoms with E-state index in [1.54, 1.807) is 0 Å². The SMILES string of the molecule is NNC(Cc1ccccc1Br)c1ccc(F)cc1F. The molecule has 100 valence electrons. The predicted molar refractivity (Wildman–Crippen MR) is 74.3 cm³/mol. The molecule has 0 aromatic heterocycles. The van der Waals surface area contributed by atoms with E-state index in [-0.39, 0.29) is 0 Å². The lowest BCUT2D eigenvalue weighted by atomic mass is 9.99. The lowest BCUT2D eigenvalue weighted by Crippen LogP contribution is -2.30. The Kier molecular flexibility index (Phi) is 4.63. The largest absolute Gasteiger partial charge is 0.271 e. The standard InChI is InChI=1S/C14H13BrF2N2/c15-12-4-2-1-3-9(12)7-14(19-18)11-6-5-10(16)8-13(11)17/h1-6,8,14,19H,7,18H2. The highest BCUT2D eigenvalue weighted by molar-refractivity contribution is 9.10. The molecule has 3 N–H and O–H groups in total. The minimum absolute atomic E-state index is 0.347. The molecule has 19 heavy (non-hydrogen) atoms. The zero-order valence-corrected chi connectivity index (χ0v) is 11.6. The minimum atomic E-state index is -0.602. The predicted octanol–water partition coefficient (Wildman–Crippen LogP) is 3.47. The van der Waals surface area contributed by atoms with Gasteiger partial charge in [0, 0.05) is 16.1 Å². The van der Waals surface area contributed by atoms with Crippen LogP contribution in [0, 0.1) is 11.6 Å². The van der Waals surface area contributed by atoms with E-state index in [0.717, 1.165) is 16.1 Å². The van der Waals surface area contributed by atoms with Crippen LogP contribution in [0.5, 0.6) is 0 Å². The molecule has 2 aromatic rings. The maximum Gasteiger partial charge on any atom is 0.130 e. The van der Waals surface area contributed by atoms with Gasteiger partial charge in [0.1, 0.15) is 11.6 Å². The Bertz CT molecular complexity index is 575. The van der Waals surface area contributed by atoms with Crippen molar-refractivity contribution in [1.29, 1.82) is 0 Å². The first-order chi connectivity index (χ1) is 9.11. The van der Waals surface area contributed by atoms with Gasteiger partial charge in [-0.2, -0.15) is 0 Å². The molecule has 0 spiro atoms. The van der Waals surface area contributed by atoms with Crippen LogP contribution < -0.4 is 11.3 Å². The summed E-state index contributed by atoms with van der Waals surface area (Å²) in [5.74, 6) is 4.28. The molecule has 0 saturated carbocycles. The third kappa shape index (κ3) is 3.37. The van der Waals surface area contributed by atoms with Crippen LogP contribution in [0.3, 0.4) is 0 Å². The van der Waals surface area contributed by atoms with E-state index in [2.05, 4.69) is 21.4 Å². The highest BCUT2D eigenvalue weighted by atomic mass is 79.9. The Morgan fingerprint density at radius 3 is 2.53 bits per heavy atom. The molecule has 0 bridgehead atoms. The Morgan fingerprint density at radius 1 is 1.16 bits per heavy atom. The number of nitrogens with two attached hydrogens (primary N) is 1. The summed E-state index contributed by atoms with van der Waals surface area (Å²) < 4.78 is 27.6. The maximum atomic E-state index is 13.7. The summed E-state index contributed by atoms with van der Waals surface area (Å²) in [6.07, 6.45) is 0.500. The van der Waals surface area contributed by atoms with Crippen molar-refractivity contribution >= 4 is 15.9 Å². The van der Waals surface area contributed by atoms with E-state index in [0.29, 0.717) is 12.0 Å². The summed E-state index contributed by atoms with van der Waals surface area (Å²) in [6, 6.07) is 10.7. The van der Waals surface area contributed by atoms with E-state index in [1.807, 2.05) is 24.3 Å². The molecule has 2 aromatic carbocycles. The number of hydrazine groups is 1. The third-order valence-corrected chi connectivity index (χ3v) is 3.69. The fraction of sp³-hybridized carbons (Fsp3) is 0.143. The van der Waals surface area contributed by atoms with Crippen LogP contribution in [0.1, 0.15) is 17.2 Å². The fourth-order valence-corrected chi connectivity index (χ4v) is 2.37. The molecule has 0 aliphatic carbocycles. The Balaban J connectivity index is 2.28. The van der Waals surface area contributed by atoms with Crippen molar-refractivity contribution < 1.29 is 8.78 Å². The molecule has 2 nitrogen and oxygen atoms in total. The van der Waals surface area contributed by atoms with Crippen LogP contribution in [-0.4, -0.2) is 0 Å². The van der Waals surface area contributed by atoms with Gasteiger partial charge in [0.2, 0.25) is 0 Å². The minimum Gasteiger partial charge on any atom is -0.271 e. The van der Waals surface area contributed by atoms with Crippen LogP contribution in [0.15, 0.2) is 46.9 Å². The van der Waals surface area contributed by atoms with Crippen LogP contribution in [0.25, 0.3) is 0 Å². The van der Waals surface area contributed by atoms with Crippen LogP contribution in [-0.2, 0) is 6.42 Å². The third-order valence-electron chi connectivity index (χ3n) is 2.92. The number of hydrogen-bond acceptors (Lipinski definition) is 2. The van der Waals surface area contributed by atoms with Crippen molar-refractivity contribution in [3.63, 3.8) is 0 Å². The van der Waals surface area contributed by atoms with Crippen molar-refractivity contribution in [3.8, 4) is 0 Å². The average Bonchev–Trinajstić information content (AvgIpc) is 2.39. The van der Waals surface area contributed by atoms with Gasteiger partial charge in [-0.1, -0.05) is 40.2 Å². The van der Waals surface area contributed by atoms with Crippen molar-refractivity contribution in [2.24, 2.45) is 5.84 Å². The highest BCUT2D eigenvalue weighted by Crippen LogP contribution is 2.25. The number of hydrogen-bond donors (Lipinski definition) is 2. The van der Waals surface area contributed by atoms with Crippen molar-refractivity contribution in [2.45, 2.75) is 12.5 Å². The van der Waals surface area contributed by atoms with Crippen LogP contribution in [0.2, 0.25) is 0 Å². The first-order valence-electron chi connectivity index (χ1n) is 5.76. The molecule has 1 atom stereocenters. The zero-order valence-electron chi connectivity index (χ0n) is 10.0. The number of benzene rings is 2. The van der Waals surface area contributed by atoms with E-state index in [9.17, 15) is 8.78 Å². The van der Waals surface area contributed by atoms with Gasteiger partial charge in [-0.25, -0.2) is 8.78 Å². The quantitative estimate of drug-likeness (QED) is 0.667. The second-order valence-electron chi connectivity index (χ2n) is 4.18. The number of nitrogens with one attached hydrogen (secondary N) is 1. The van der Waals surface area contributed by atoms with Crippen molar-refractivity contribution in [2.75, 3.05) is 0 Å². The summed E-state index contributed by atoms with van der Waals surface area (Å²) in [4.78, 5) is 0. The zero-order chi connectivity index (χ0) is 13.8. The van der Waals surface area contributed by atoms with Gasteiger partial charge in [0.05, 0.1) is 6.04 Å². The smallest absolute Gasteiger partial charge is 0.130 e. The van der Waals surface area contributed by atoms with Gasteiger partial charge >= 0.3 is 0 Å². The molecule has 0 saturated heterocycles.